The van der Waals surface area contributed by atoms with Crippen LogP contribution in [0.5, 0.6) is 0 Å². The second-order valence-corrected chi connectivity index (χ2v) is 6.65. The van der Waals surface area contributed by atoms with E-state index < -0.39 is 0 Å². The largest absolute Gasteiger partial charge is 0.469 e. The number of aryl methyl sites for hydroxylation is 1. The Bertz CT molecular complexity index is 524. The predicted molar refractivity (Wildman–Crippen MR) is 88.7 cm³/mol. The van der Waals surface area contributed by atoms with Crippen molar-refractivity contribution in [2.45, 2.75) is 25.5 Å². The molecule has 2 rings (SSSR count). The maximum atomic E-state index is 12.2. The van der Waals surface area contributed by atoms with E-state index in [0.717, 1.165) is 5.75 Å². The van der Waals surface area contributed by atoms with Crippen molar-refractivity contribution in [2.24, 2.45) is 5.92 Å². The van der Waals surface area contributed by atoms with Gasteiger partial charge in [-0.25, -0.2) is 0 Å². The molecule has 22 heavy (non-hydrogen) atoms. The van der Waals surface area contributed by atoms with E-state index in [2.05, 4.69) is 25.1 Å². The van der Waals surface area contributed by atoms with E-state index in [-0.39, 0.29) is 17.8 Å². The number of carbonyl (C=O) groups excluding carboxylic acids is 2. The van der Waals surface area contributed by atoms with Crippen molar-refractivity contribution in [3.05, 3.63) is 35.4 Å². The fraction of sp³-hybridized carbons (Fsp3) is 0.529. The number of methoxy groups -OCH3 is 1. The minimum atomic E-state index is -0.152. The lowest BCUT2D eigenvalue weighted by Crippen LogP contribution is -2.41. The smallest absolute Gasteiger partial charge is 0.308 e. The minimum absolute atomic E-state index is 0.0472. The van der Waals surface area contributed by atoms with Crippen LogP contribution in [0.2, 0.25) is 0 Å². The van der Waals surface area contributed by atoms with E-state index in [1.807, 2.05) is 11.0 Å². The quantitative estimate of drug-likeness (QED) is 0.782. The molecule has 1 aliphatic rings. The van der Waals surface area contributed by atoms with Gasteiger partial charge in [0.25, 0.3) is 0 Å². The summed E-state index contributed by atoms with van der Waals surface area (Å²) in [4.78, 5) is 25.5. The van der Waals surface area contributed by atoms with Crippen molar-refractivity contribution in [1.29, 1.82) is 0 Å². The summed E-state index contributed by atoms with van der Waals surface area (Å²) >= 11 is 1.65. The van der Waals surface area contributed by atoms with Crippen molar-refractivity contribution < 1.29 is 14.3 Å². The van der Waals surface area contributed by atoms with Crippen LogP contribution in [0.4, 0.5) is 0 Å². The summed E-state index contributed by atoms with van der Waals surface area (Å²) in [6, 6.07) is 8.36. The number of amides is 1. The molecular weight excluding hydrogens is 298 g/mol. The molecule has 1 saturated heterocycles. The number of likely N-dealkylation sites (tertiary alicyclic amines) is 1. The van der Waals surface area contributed by atoms with Crippen molar-refractivity contribution in [2.75, 3.05) is 26.0 Å². The van der Waals surface area contributed by atoms with Gasteiger partial charge in [0.15, 0.2) is 0 Å². The first-order valence-corrected chi connectivity index (χ1v) is 8.74. The van der Waals surface area contributed by atoms with Gasteiger partial charge < -0.3 is 9.64 Å². The first-order chi connectivity index (χ1) is 10.6. The zero-order chi connectivity index (χ0) is 15.9. The van der Waals surface area contributed by atoms with E-state index in [4.69, 9.17) is 4.74 Å². The SMILES string of the molecule is COC(=O)C1CCN(C(=O)CSCc2cccc(C)c2)CC1. The van der Waals surface area contributed by atoms with Gasteiger partial charge in [-0.3, -0.25) is 9.59 Å². The maximum Gasteiger partial charge on any atom is 0.308 e. The predicted octanol–water partition coefficient (Wildman–Crippen LogP) is 2.64. The topological polar surface area (TPSA) is 46.6 Å². The summed E-state index contributed by atoms with van der Waals surface area (Å²) in [5.41, 5.74) is 2.50. The highest BCUT2D eigenvalue weighted by Gasteiger charge is 2.27. The van der Waals surface area contributed by atoms with Crippen molar-refractivity contribution in [3.8, 4) is 0 Å². The molecule has 0 atom stereocenters. The van der Waals surface area contributed by atoms with E-state index >= 15 is 0 Å². The number of thioether (sulfide) groups is 1. The van der Waals surface area contributed by atoms with E-state index in [0.29, 0.717) is 31.7 Å². The molecule has 1 aromatic carbocycles. The number of hydrogen-bond donors (Lipinski definition) is 0. The molecule has 0 bridgehead atoms. The molecule has 0 aromatic heterocycles. The molecule has 120 valence electrons. The zero-order valence-electron chi connectivity index (χ0n) is 13.2. The number of ether oxygens (including phenoxy) is 1. The maximum absolute atomic E-state index is 12.2. The standard InChI is InChI=1S/C17H23NO3S/c1-13-4-3-5-14(10-13)11-22-12-16(19)18-8-6-15(7-9-18)17(20)21-2/h3-5,10,15H,6-9,11-12H2,1-2H3. The molecule has 4 nitrogen and oxygen atoms in total. The molecule has 1 aliphatic heterocycles. The average Bonchev–Trinajstić information content (AvgIpc) is 2.54. The zero-order valence-corrected chi connectivity index (χ0v) is 14.0. The van der Waals surface area contributed by atoms with Crippen LogP contribution in [-0.2, 0) is 20.1 Å². The highest BCUT2D eigenvalue weighted by molar-refractivity contribution is 7.99. The Hall–Kier alpha value is -1.49. The van der Waals surface area contributed by atoms with Gasteiger partial charge in [0.2, 0.25) is 5.91 Å². The van der Waals surface area contributed by atoms with E-state index in [1.54, 1.807) is 11.8 Å². The molecule has 0 unspecified atom stereocenters. The third-order valence-corrected chi connectivity index (χ3v) is 4.95. The van der Waals surface area contributed by atoms with Gasteiger partial charge in [0.1, 0.15) is 0 Å². The lowest BCUT2D eigenvalue weighted by molar-refractivity contribution is -0.148. The van der Waals surface area contributed by atoms with Crippen LogP contribution in [0.15, 0.2) is 24.3 Å². The van der Waals surface area contributed by atoms with E-state index in [1.165, 1.54) is 18.2 Å². The summed E-state index contributed by atoms with van der Waals surface area (Å²) < 4.78 is 4.76. The van der Waals surface area contributed by atoms with Crippen LogP contribution in [0.25, 0.3) is 0 Å². The van der Waals surface area contributed by atoms with Crippen LogP contribution in [-0.4, -0.2) is 42.7 Å². The minimum Gasteiger partial charge on any atom is -0.469 e. The van der Waals surface area contributed by atoms with Crippen LogP contribution < -0.4 is 0 Å². The fourth-order valence-electron chi connectivity index (χ4n) is 2.68. The number of carbonyl (C=O) groups is 2. The third kappa shape index (κ3) is 4.77. The number of hydrogen-bond acceptors (Lipinski definition) is 4. The molecule has 0 aliphatic carbocycles. The third-order valence-electron chi connectivity index (χ3n) is 3.96. The van der Waals surface area contributed by atoms with Gasteiger partial charge in [-0.05, 0) is 25.3 Å². The molecule has 0 saturated carbocycles. The van der Waals surface area contributed by atoms with E-state index in [9.17, 15) is 9.59 Å². The summed E-state index contributed by atoms with van der Waals surface area (Å²) in [6.45, 7) is 3.39. The monoisotopic (exact) mass is 321 g/mol. The van der Waals surface area contributed by atoms with Gasteiger partial charge in [-0.2, -0.15) is 0 Å². The Morgan fingerprint density at radius 2 is 2.05 bits per heavy atom. The fourth-order valence-corrected chi connectivity index (χ4v) is 3.56. The summed E-state index contributed by atoms with van der Waals surface area (Å²) in [6.07, 6.45) is 1.42. The Morgan fingerprint density at radius 1 is 1.32 bits per heavy atom. The Kier molecular flexibility index (Phi) is 6.31. The Labute approximate surface area is 136 Å². The molecule has 1 heterocycles. The second-order valence-electron chi connectivity index (χ2n) is 5.66. The number of rotatable bonds is 5. The highest BCUT2D eigenvalue weighted by atomic mass is 32.2. The van der Waals surface area contributed by atoms with Crippen LogP contribution >= 0.6 is 11.8 Å². The molecule has 0 radical (unpaired) electrons. The summed E-state index contributed by atoms with van der Waals surface area (Å²) in [5, 5.41) is 0. The van der Waals surface area contributed by atoms with Crippen LogP contribution in [0.3, 0.4) is 0 Å². The van der Waals surface area contributed by atoms with Gasteiger partial charge in [-0.15, -0.1) is 11.8 Å². The van der Waals surface area contributed by atoms with Crippen molar-refractivity contribution in [3.63, 3.8) is 0 Å². The van der Waals surface area contributed by atoms with Crippen molar-refractivity contribution >= 4 is 23.6 Å². The normalized spacial score (nSPS) is 15.6. The average molecular weight is 321 g/mol. The number of nitrogens with zero attached hydrogens (tertiary/aromatic N) is 1. The number of esters is 1. The van der Waals surface area contributed by atoms with Crippen molar-refractivity contribution in [1.82, 2.24) is 4.90 Å². The van der Waals surface area contributed by atoms with Crippen LogP contribution in [0.1, 0.15) is 24.0 Å². The van der Waals surface area contributed by atoms with Gasteiger partial charge in [0.05, 0.1) is 18.8 Å². The highest BCUT2D eigenvalue weighted by Crippen LogP contribution is 2.20. The Morgan fingerprint density at radius 3 is 2.68 bits per heavy atom. The van der Waals surface area contributed by atoms with Crippen LogP contribution in [0, 0.1) is 12.8 Å². The number of piperidine rings is 1. The molecule has 5 heteroatoms. The van der Waals surface area contributed by atoms with Gasteiger partial charge in [0, 0.05) is 18.8 Å². The second kappa shape index (κ2) is 8.22. The molecule has 0 spiro atoms. The molecule has 1 aromatic rings. The number of benzene rings is 1. The summed E-state index contributed by atoms with van der Waals surface area (Å²) in [5.74, 6) is 1.32. The molecule has 0 N–H and O–H groups in total. The molecule has 1 amide bonds. The molecular formula is C17H23NO3S. The molecule has 1 fully saturated rings. The lowest BCUT2D eigenvalue weighted by Gasteiger charge is -2.30. The first kappa shape index (κ1) is 16.9. The first-order valence-electron chi connectivity index (χ1n) is 7.59. The van der Waals surface area contributed by atoms with Gasteiger partial charge in [-0.1, -0.05) is 29.8 Å². The lowest BCUT2D eigenvalue weighted by atomic mass is 9.97. The van der Waals surface area contributed by atoms with Gasteiger partial charge >= 0.3 is 5.97 Å². The Balaban J connectivity index is 1.71. The summed E-state index contributed by atoms with van der Waals surface area (Å²) in [7, 11) is 1.42.